The summed E-state index contributed by atoms with van der Waals surface area (Å²) in [6, 6.07) is 0. The third-order valence-electron chi connectivity index (χ3n) is 14.2. The molecule has 0 aromatic carbocycles. The van der Waals surface area contributed by atoms with Crippen LogP contribution in [0.3, 0.4) is 0 Å². The third-order valence-corrected chi connectivity index (χ3v) is 14.2. The minimum atomic E-state index is -1.76. The lowest BCUT2D eigenvalue weighted by atomic mass is 9.98. The Kier molecular flexibility index (Phi) is 40.9. The van der Waals surface area contributed by atoms with Gasteiger partial charge < -0.3 is 64.2 Å². The fourth-order valence-electron chi connectivity index (χ4n) is 9.45. The summed E-state index contributed by atoms with van der Waals surface area (Å²) in [6.45, 7) is 2.62. The highest BCUT2D eigenvalue weighted by Crippen LogP contribution is 2.27. The van der Waals surface area contributed by atoms with E-state index in [1.165, 1.54) is 161 Å². The molecule has 2 aliphatic rings. The van der Waals surface area contributed by atoms with Crippen molar-refractivity contribution >= 4 is 11.9 Å². The minimum Gasteiger partial charge on any atom is -0.462 e. The molecule has 2 fully saturated rings. The normalized spacial score (nSPS) is 25.0. The van der Waals surface area contributed by atoms with E-state index < -0.39 is 92.7 Å². The van der Waals surface area contributed by atoms with E-state index in [-0.39, 0.29) is 26.1 Å². The number of esters is 2. The number of aliphatic hydroxyl groups excluding tert-OH is 7. The van der Waals surface area contributed by atoms with Crippen molar-refractivity contribution in [2.75, 3.05) is 26.4 Å². The fraction of sp³-hybridized carbons (Fsp3) is 0.930. The van der Waals surface area contributed by atoms with Crippen LogP contribution >= 0.6 is 0 Å². The van der Waals surface area contributed by atoms with Crippen LogP contribution in [0.25, 0.3) is 0 Å². The van der Waals surface area contributed by atoms with Gasteiger partial charge >= 0.3 is 11.9 Å². The molecule has 7 N–H and O–H groups in total. The lowest BCUT2D eigenvalue weighted by Crippen LogP contribution is -2.61. The highest BCUT2D eigenvalue weighted by molar-refractivity contribution is 5.70. The summed E-state index contributed by atoms with van der Waals surface area (Å²) in [7, 11) is 0. The van der Waals surface area contributed by atoms with Gasteiger partial charge in [0.05, 0.1) is 19.8 Å². The average Bonchev–Trinajstić information content (AvgIpc) is 3.37. The summed E-state index contributed by atoms with van der Waals surface area (Å²) in [5.74, 6) is -0.928. The third kappa shape index (κ3) is 31.3. The number of allylic oxidation sites excluding steroid dienone is 2. The molecule has 0 aromatic heterocycles. The van der Waals surface area contributed by atoms with Crippen LogP contribution in [0.2, 0.25) is 0 Å². The number of aliphatic hydroxyl groups is 7. The zero-order valence-corrected chi connectivity index (χ0v) is 45.2. The largest absolute Gasteiger partial charge is 0.462 e. The highest BCUT2D eigenvalue weighted by Gasteiger charge is 2.47. The molecule has 0 aliphatic carbocycles. The summed E-state index contributed by atoms with van der Waals surface area (Å²) in [4.78, 5) is 25.9. The Morgan fingerprint density at radius 3 is 1.24 bits per heavy atom. The van der Waals surface area contributed by atoms with Gasteiger partial charge in [-0.05, 0) is 38.5 Å². The first-order valence-electron chi connectivity index (χ1n) is 29.3. The van der Waals surface area contributed by atoms with Crippen molar-refractivity contribution in [1.82, 2.24) is 0 Å². The monoisotopic (exact) mass is 1030 g/mol. The molecule has 15 nitrogen and oxygen atoms in total. The number of rotatable bonds is 47. The number of hydrogen-bond donors (Lipinski definition) is 7. The van der Waals surface area contributed by atoms with E-state index in [0.717, 1.165) is 44.9 Å². The lowest BCUT2D eigenvalue weighted by Gasteiger charge is -2.42. The summed E-state index contributed by atoms with van der Waals surface area (Å²) in [6.07, 6.45) is 29.5. The molecule has 0 amide bonds. The summed E-state index contributed by atoms with van der Waals surface area (Å²) >= 11 is 0. The quantitative estimate of drug-likeness (QED) is 0.0171. The van der Waals surface area contributed by atoms with Crippen LogP contribution in [-0.4, -0.2) is 142 Å². The smallest absolute Gasteiger partial charge is 0.306 e. The van der Waals surface area contributed by atoms with E-state index in [9.17, 15) is 45.3 Å². The van der Waals surface area contributed by atoms with Crippen LogP contribution in [0.15, 0.2) is 12.2 Å². The Morgan fingerprint density at radius 1 is 0.431 bits per heavy atom. The van der Waals surface area contributed by atoms with Gasteiger partial charge in [-0.25, -0.2) is 0 Å². The van der Waals surface area contributed by atoms with E-state index >= 15 is 0 Å². The molecule has 0 radical (unpaired) electrons. The Morgan fingerprint density at radius 2 is 0.792 bits per heavy atom. The minimum absolute atomic E-state index is 0.149. The van der Waals surface area contributed by atoms with Gasteiger partial charge in [-0.15, -0.1) is 0 Å². The topological polar surface area (TPSA) is 231 Å². The maximum atomic E-state index is 13.0. The van der Waals surface area contributed by atoms with Gasteiger partial charge in [0.25, 0.3) is 0 Å². The second-order valence-corrected chi connectivity index (χ2v) is 20.8. The van der Waals surface area contributed by atoms with Gasteiger partial charge in [0.15, 0.2) is 18.7 Å². The predicted octanol–water partition coefficient (Wildman–Crippen LogP) is 9.72. The van der Waals surface area contributed by atoms with Crippen molar-refractivity contribution in [3.8, 4) is 0 Å². The molecule has 15 heteroatoms. The zero-order valence-electron chi connectivity index (χ0n) is 45.2. The van der Waals surface area contributed by atoms with Crippen LogP contribution < -0.4 is 0 Å². The Balaban J connectivity index is 1.74. The molecule has 0 aromatic rings. The van der Waals surface area contributed by atoms with Crippen molar-refractivity contribution in [2.24, 2.45) is 0 Å². The molecule has 2 heterocycles. The van der Waals surface area contributed by atoms with Crippen molar-refractivity contribution in [2.45, 2.75) is 313 Å². The maximum absolute atomic E-state index is 13.0. The van der Waals surface area contributed by atoms with Gasteiger partial charge in [0.2, 0.25) is 0 Å². The van der Waals surface area contributed by atoms with E-state index in [4.69, 9.17) is 28.4 Å². The van der Waals surface area contributed by atoms with Crippen molar-refractivity contribution < 1.29 is 73.8 Å². The zero-order chi connectivity index (χ0) is 52.4. The summed E-state index contributed by atoms with van der Waals surface area (Å²) in [5.41, 5.74) is 0. The summed E-state index contributed by atoms with van der Waals surface area (Å²) in [5, 5.41) is 72.2. The number of hydrogen-bond acceptors (Lipinski definition) is 15. The molecule has 424 valence electrons. The highest BCUT2D eigenvalue weighted by atomic mass is 16.7. The van der Waals surface area contributed by atoms with E-state index in [1.807, 2.05) is 0 Å². The first-order valence-corrected chi connectivity index (χ1v) is 29.3. The predicted molar refractivity (Wildman–Crippen MR) is 280 cm³/mol. The molecule has 4 unspecified atom stereocenters. The van der Waals surface area contributed by atoms with Gasteiger partial charge in [0, 0.05) is 12.8 Å². The second kappa shape index (κ2) is 44.4. The molecular formula is C57H106O15. The molecule has 11 atom stereocenters. The molecule has 2 rings (SSSR count). The molecule has 2 aliphatic heterocycles. The number of ether oxygens (including phenoxy) is 6. The first-order chi connectivity index (χ1) is 35.0. The Bertz CT molecular complexity index is 1300. The van der Waals surface area contributed by atoms with E-state index in [1.54, 1.807) is 0 Å². The molecular weight excluding hydrogens is 925 g/mol. The molecule has 2 saturated heterocycles. The SMILES string of the molecule is CCCCCCCCCC/C=C/CCCCCC(=O)O[C@@H](COC(=O)CCCCCCCCCCCCCCCCCCCCCCC)CO[C@@H]1O[C@H](CO[C@@H]2O[C@H](CO)[C@H](O)C(O)C2O)[C@H](O)C(O)C1O. The molecule has 0 saturated carbocycles. The van der Waals surface area contributed by atoms with Crippen LogP contribution in [-0.2, 0) is 38.0 Å². The Labute approximate surface area is 435 Å². The van der Waals surface area contributed by atoms with Crippen LogP contribution in [0.4, 0.5) is 0 Å². The Hall–Kier alpha value is -1.76. The standard InChI is InChI=1S/C57H106O15/c1-3-5-7-9-11-13-15-17-19-20-21-22-23-24-26-27-29-31-33-35-37-39-48(59)67-42-45(70-49(60)40-38-36-34-32-30-28-25-18-16-14-12-10-8-6-4-2)43-68-56-55(66)53(64)51(62)47(72-56)44-69-57-54(65)52(63)50(61)46(41-58)71-57/h28,30,45-47,50-58,61-66H,3-27,29,31-44H2,1-2H3/b30-28+/t45-,46+,47+,50-,51-,52?,53?,54?,55?,56+,57+/m0/s1. The number of unbranched alkanes of at least 4 members (excludes halogenated alkanes) is 31. The molecule has 0 spiro atoms. The van der Waals surface area contributed by atoms with Gasteiger partial charge in [0.1, 0.15) is 55.4 Å². The first kappa shape index (κ1) is 66.4. The summed E-state index contributed by atoms with van der Waals surface area (Å²) < 4.78 is 33.7. The van der Waals surface area contributed by atoms with E-state index in [0.29, 0.717) is 12.8 Å². The lowest BCUT2D eigenvalue weighted by molar-refractivity contribution is -0.332. The van der Waals surface area contributed by atoms with Crippen molar-refractivity contribution in [1.29, 1.82) is 0 Å². The van der Waals surface area contributed by atoms with Crippen LogP contribution in [0.1, 0.15) is 245 Å². The maximum Gasteiger partial charge on any atom is 0.306 e. The van der Waals surface area contributed by atoms with Gasteiger partial charge in [-0.2, -0.15) is 0 Å². The van der Waals surface area contributed by atoms with E-state index in [2.05, 4.69) is 26.0 Å². The number of carbonyl (C=O) groups is 2. The van der Waals surface area contributed by atoms with Gasteiger partial charge in [-0.1, -0.05) is 206 Å². The molecule has 72 heavy (non-hydrogen) atoms. The van der Waals surface area contributed by atoms with Crippen LogP contribution in [0.5, 0.6) is 0 Å². The van der Waals surface area contributed by atoms with Crippen molar-refractivity contribution in [3.63, 3.8) is 0 Å². The second-order valence-electron chi connectivity index (χ2n) is 20.8. The van der Waals surface area contributed by atoms with Crippen LogP contribution in [0, 0.1) is 0 Å². The van der Waals surface area contributed by atoms with Crippen molar-refractivity contribution in [3.05, 3.63) is 12.2 Å². The fourth-order valence-corrected chi connectivity index (χ4v) is 9.45. The molecule has 0 bridgehead atoms. The number of carbonyl (C=O) groups excluding carboxylic acids is 2. The van der Waals surface area contributed by atoms with Gasteiger partial charge in [-0.3, -0.25) is 9.59 Å². The average molecular weight is 1030 g/mol.